The standard InChI is InChI=1S/C17H15F2NO4/c1-8-7-24-13(6-14(21)22)15(8)17(23)20-12-5-9(12)16-10(18)3-2-4-11(16)19/h2-4,7,9,12H,5-6H2,1H3,(H,20,23)(H,21,22). The predicted molar refractivity (Wildman–Crippen MR) is 79.8 cm³/mol. The zero-order valence-electron chi connectivity index (χ0n) is 12.8. The van der Waals surface area contributed by atoms with Crippen molar-refractivity contribution >= 4 is 11.9 Å². The maximum atomic E-state index is 13.8. The number of carbonyl (C=O) groups is 2. The van der Waals surface area contributed by atoms with Gasteiger partial charge in [-0.05, 0) is 25.5 Å². The number of benzene rings is 1. The van der Waals surface area contributed by atoms with Gasteiger partial charge in [-0.1, -0.05) is 6.07 Å². The average molecular weight is 335 g/mol. The summed E-state index contributed by atoms with van der Waals surface area (Å²) in [6, 6.07) is 3.26. The summed E-state index contributed by atoms with van der Waals surface area (Å²) in [5.74, 6) is -3.25. The van der Waals surface area contributed by atoms with E-state index in [1.54, 1.807) is 6.92 Å². The SMILES string of the molecule is Cc1coc(CC(=O)O)c1C(=O)NC1CC1c1c(F)cccc1F. The lowest BCUT2D eigenvalue weighted by Gasteiger charge is -2.07. The molecule has 0 spiro atoms. The minimum Gasteiger partial charge on any atom is -0.481 e. The van der Waals surface area contributed by atoms with Crippen LogP contribution < -0.4 is 5.32 Å². The smallest absolute Gasteiger partial charge is 0.311 e. The summed E-state index contributed by atoms with van der Waals surface area (Å²) < 4.78 is 32.6. The van der Waals surface area contributed by atoms with E-state index in [4.69, 9.17) is 9.52 Å². The van der Waals surface area contributed by atoms with Gasteiger partial charge in [0, 0.05) is 23.1 Å². The lowest BCUT2D eigenvalue weighted by atomic mass is 10.1. The van der Waals surface area contributed by atoms with Gasteiger partial charge >= 0.3 is 5.97 Å². The molecule has 1 aliphatic carbocycles. The minimum atomic E-state index is -1.11. The second-order valence-corrected chi connectivity index (χ2v) is 5.84. The summed E-state index contributed by atoms with van der Waals surface area (Å²) >= 11 is 0. The first-order valence-electron chi connectivity index (χ1n) is 7.42. The topological polar surface area (TPSA) is 79.5 Å². The maximum absolute atomic E-state index is 13.8. The van der Waals surface area contributed by atoms with Crippen molar-refractivity contribution in [3.8, 4) is 0 Å². The molecule has 0 aliphatic heterocycles. The van der Waals surface area contributed by atoms with Crippen LogP contribution in [0.2, 0.25) is 0 Å². The number of hydrogen-bond donors (Lipinski definition) is 2. The molecule has 1 aromatic heterocycles. The van der Waals surface area contributed by atoms with Crippen molar-refractivity contribution in [2.75, 3.05) is 0 Å². The van der Waals surface area contributed by atoms with Crippen LogP contribution in [0.25, 0.3) is 0 Å². The van der Waals surface area contributed by atoms with Crippen molar-refractivity contribution in [3.63, 3.8) is 0 Å². The molecule has 1 saturated carbocycles. The fraction of sp³-hybridized carbons (Fsp3) is 0.294. The Morgan fingerprint density at radius 1 is 1.33 bits per heavy atom. The highest BCUT2D eigenvalue weighted by Gasteiger charge is 2.43. The van der Waals surface area contributed by atoms with E-state index in [1.165, 1.54) is 24.5 Å². The van der Waals surface area contributed by atoms with Gasteiger partial charge in [0.15, 0.2) is 0 Å². The summed E-state index contributed by atoms with van der Waals surface area (Å²) in [4.78, 5) is 23.2. The molecule has 5 nitrogen and oxygen atoms in total. The van der Waals surface area contributed by atoms with Crippen LogP contribution in [-0.2, 0) is 11.2 Å². The van der Waals surface area contributed by atoms with Crippen molar-refractivity contribution in [2.24, 2.45) is 0 Å². The van der Waals surface area contributed by atoms with Gasteiger partial charge in [0.1, 0.15) is 23.8 Å². The van der Waals surface area contributed by atoms with Crippen LogP contribution >= 0.6 is 0 Å². The molecule has 7 heteroatoms. The zero-order valence-corrected chi connectivity index (χ0v) is 12.8. The third-order valence-electron chi connectivity index (χ3n) is 4.07. The van der Waals surface area contributed by atoms with Crippen LogP contribution in [-0.4, -0.2) is 23.0 Å². The van der Waals surface area contributed by atoms with Gasteiger partial charge < -0.3 is 14.8 Å². The van der Waals surface area contributed by atoms with E-state index in [0.29, 0.717) is 12.0 Å². The molecule has 1 fully saturated rings. The van der Waals surface area contributed by atoms with Crippen molar-refractivity contribution in [2.45, 2.75) is 31.7 Å². The Morgan fingerprint density at radius 2 is 2.00 bits per heavy atom. The fourth-order valence-corrected chi connectivity index (χ4v) is 2.85. The molecule has 2 aromatic rings. The Hall–Kier alpha value is -2.70. The summed E-state index contributed by atoms with van der Waals surface area (Å²) in [5, 5.41) is 11.5. The van der Waals surface area contributed by atoms with E-state index < -0.39 is 41.9 Å². The molecular formula is C17H15F2NO4. The normalized spacial score (nSPS) is 19.1. The van der Waals surface area contributed by atoms with E-state index in [-0.39, 0.29) is 16.9 Å². The largest absolute Gasteiger partial charge is 0.481 e. The Morgan fingerprint density at radius 3 is 2.62 bits per heavy atom. The minimum absolute atomic E-state index is 0.0301. The van der Waals surface area contributed by atoms with Crippen molar-refractivity contribution in [1.82, 2.24) is 5.32 Å². The number of carbonyl (C=O) groups excluding carboxylic acids is 1. The number of furan rings is 1. The molecule has 2 unspecified atom stereocenters. The second kappa shape index (κ2) is 6.07. The molecule has 24 heavy (non-hydrogen) atoms. The number of amides is 1. The number of aryl methyl sites for hydroxylation is 1. The van der Waals surface area contributed by atoms with Gasteiger partial charge in [-0.2, -0.15) is 0 Å². The average Bonchev–Trinajstić information content (AvgIpc) is 3.12. The lowest BCUT2D eigenvalue weighted by molar-refractivity contribution is -0.136. The molecule has 1 aromatic carbocycles. The number of halogens is 2. The van der Waals surface area contributed by atoms with Crippen LogP contribution in [0.4, 0.5) is 8.78 Å². The molecular weight excluding hydrogens is 320 g/mol. The first kappa shape index (κ1) is 16.2. The Balaban J connectivity index is 1.74. The van der Waals surface area contributed by atoms with Gasteiger partial charge in [-0.25, -0.2) is 8.78 Å². The first-order valence-corrected chi connectivity index (χ1v) is 7.42. The summed E-state index contributed by atoms with van der Waals surface area (Å²) in [6.45, 7) is 1.63. The highest BCUT2D eigenvalue weighted by molar-refractivity contribution is 5.97. The van der Waals surface area contributed by atoms with Crippen molar-refractivity contribution < 1.29 is 27.9 Å². The number of aliphatic carboxylic acids is 1. The molecule has 0 saturated heterocycles. The highest BCUT2D eigenvalue weighted by atomic mass is 19.1. The molecule has 126 valence electrons. The van der Waals surface area contributed by atoms with E-state index in [1.807, 2.05) is 0 Å². The Kier molecular flexibility index (Phi) is 4.09. The number of rotatable bonds is 5. The molecule has 2 N–H and O–H groups in total. The van der Waals surface area contributed by atoms with Gasteiger partial charge in [-0.15, -0.1) is 0 Å². The predicted octanol–water partition coefficient (Wildman–Crippen LogP) is 2.78. The summed E-state index contributed by atoms with van der Waals surface area (Å²) in [5.41, 5.74) is 0.646. The van der Waals surface area contributed by atoms with Gasteiger partial charge in [0.2, 0.25) is 0 Å². The van der Waals surface area contributed by atoms with Crippen LogP contribution in [0.3, 0.4) is 0 Å². The molecule has 0 bridgehead atoms. The van der Waals surface area contributed by atoms with E-state index in [0.717, 1.165) is 0 Å². The summed E-state index contributed by atoms with van der Waals surface area (Å²) in [7, 11) is 0. The third-order valence-corrected chi connectivity index (χ3v) is 4.07. The molecule has 0 radical (unpaired) electrons. The molecule has 1 aliphatic rings. The number of nitrogens with one attached hydrogen (secondary N) is 1. The highest BCUT2D eigenvalue weighted by Crippen LogP contribution is 2.43. The Labute approximate surface area is 136 Å². The summed E-state index contributed by atoms with van der Waals surface area (Å²) in [6.07, 6.45) is 1.33. The molecule has 1 heterocycles. The van der Waals surface area contributed by atoms with Crippen LogP contribution in [0, 0.1) is 18.6 Å². The molecule has 3 rings (SSSR count). The lowest BCUT2D eigenvalue weighted by Crippen LogP contribution is -2.28. The first-order chi connectivity index (χ1) is 11.4. The van der Waals surface area contributed by atoms with E-state index in [9.17, 15) is 18.4 Å². The van der Waals surface area contributed by atoms with Crippen LogP contribution in [0.5, 0.6) is 0 Å². The Bertz CT molecular complexity index is 795. The van der Waals surface area contributed by atoms with Crippen LogP contribution in [0.15, 0.2) is 28.9 Å². The van der Waals surface area contributed by atoms with Crippen molar-refractivity contribution in [1.29, 1.82) is 0 Å². The van der Waals surface area contributed by atoms with Gasteiger partial charge in [0.25, 0.3) is 5.91 Å². The quantitative estimate of drug-likeness (QED) is 0.880. The van der Waals surface area contributed by atoms with Crippen LogP contribution in [0.1, 0.15) is 39.6 Å². The second-order valence-electron chi connectivity index (χ2n) is 5.84. The van der Waals surface area contributed by atoms with E-state index >= 15 is 0 Å². The number of carboxylic acids is 1. The van der Waals surface area contributed by atoms with Gasteiger partial charge in [0.05, 0.1) is 11.8 Å². The van der Waals surface area contributed by atoms with E-state index in [2.05, 4.69) is 5.32 Å². The number of hydrogen-bond acceptors (Lipinski definition) is 3. The maximum Gasteiger partial charge on any atom is 0.311 e. The monoisotopic (exact) mass is 335 g/mol. The third kappa shape index (κ3) is 3.02. The molecule has 2 atom stereocenters. The molecule has 1 amide bonds. The number of carboxylic acid groups (broad SMARTS) is 1. The fourth-order valence-electron chi connectivity index (χ4n) is 2.85. The van der Waals surface area contributed by atoms with Crippen molar-refractivity contribution in [3.05, 3.63) is 58.5 Å². The zero-order chi connectivity index (χ0) is 17.4. The van der Waals surface area contributed by atoms with Gasteiger partial charge in [-0.3, -0.25) is 9.59 Å².